The summed E-state index contributed by atoms with van der Waals surface area (Å²) in [6, 6.07) is 8.80. The summed E-state index contributed by atoms with van der Waals surface area (Å²) in [5, 5.41) is 9.61. The molecule has 1 aliphatic carbocycles. The maximum Gasteiger partial charge on any atom is 0.338 e. The van der Waals surface area contributed by atoms with Crippen LogP contribution in [0.25, 0.3) is 0 Å². The fourth-order valence-corrected chi connectivity index (χ4v) is 3.95. The molecule has 0 aromatic heterocycles. The third-order valence-electron chi connectivity index (χ3n) is 5.47. The van der Waals surface area contributed by atoms with Gasteiger partial charge in [-0.15, -0.1) is 0 Å². The van der Waals surface area contributed by atoms with Gasteiger partial charge < -0.3 is 19.9 Å². The summed E-state index contributed by atoms with van der Waals surface area (Å²) >= 11 is 0. The summed E-state index contributed by atoms with van der Waals surface area (Å²) in [6.07, 6.45) is 4.99. The number of esters is 2. The van der Waals surface area contributed by atoms with Gasteiger partial charge in [-0.05, 0) is 44.4 Å². The molecule has 0 bridgehead atoms. The molecule has 1 fully saturated rings. The zero-order valence-corrected chi connectivity index (χ0v) is 17.3. The highest BCUT2D eigenvalue weighted by Gasteiger charge is 2.36. The molecule has 0 radical (unpaired) electrons. The first-order valence-corrected chi connectivity index (χ1v) is 10.2. The van der Waals surface area contributed by atoms with Gasteiger partial charge in [-0.25, -0.2) is 4.79 Å². The van der Waals surface area contributed by atoms with Gasteiger partial charge in [0.15, 0.2) is 0 Å². The van der Waals surface area contributed by atoms with Crippen LogP contribution in [0.3, 0.4) is 0 Å². The van der Waals surface area contributed by atoms with Gasteiger partial charge in [0.05, 0.1) is 24.0 Å². The number of nitrogens with two attached hydrogens (primary N) is 1. The van der Waals surface area contributed by atoms with E-state index in [2.05, 4.69) is 0 Å². The first-order valence-electron chi connectivity index (χ1n) is 10.2. The van der Waals surface area contributed by atoms with E-state index in [0.29, 0.717) is 17.1 Å². The van der Waals surface area contributed by atoms with Crippen molar-refractivity contribution in [3.05, 3.63) is 52.6 Å². The highest BCUT2D eigenvalue weighted by atomic mass is 16.5. The van der Waals surface area contributed by atoms with Gasteiger partial charge in [-0.2, -0.15) is 5.26 Å². The average molecular weight is 410 g/mol. The number of rotatable bonds is 5. The fraction of sp³-hybridized carbons (Fsp3) is 0.435. The molecule has 0 amide bonds. The van der Waals surface area contributed by atoms with Crippen LogP contribution in [-0.4, -0.2) is 18.5 Å². The molecule has 3 rings (SSSR count). The van der Waals surface area contributed by atoms with Crippen LogP contribution >= 0.6 is 0 Å². The van der Waals surface area contributed by atoms with Crippen LogP contribution in [0.15, 0.2) is 47.1 Å². The van der Waals surface area contributed by atoms with E-state index in [-0.39, 0.29) is 35.5 Å². The lowest BCUT2D eigenvalue weighted by Gasteiger charge is -2.27. The minimum absolute atomic E-state index is 0.0409. The van der Waals surface area contributed by atoms with Crippen LogP contribution in [0.1, 0.15) is 57.4 Å². The maximum atomic E-state index is 12.5. The van der Waals surface area contributed by atoms with Gasteiger partial charge in [0.25, 0.3) is 0 Å². The Hall–Kier alpha value is -3.27. The quantitative estimate of drug-likeness (QED) is 0.580. The second-order valence-electron chi connectivity index (χ2n) is 7.44. The van der Waals surface area contributed by atoms with Crippen molar-refractivity contribution in [3.63, 3.8) is 0 Å². The highest BCUT2D eigenvalue weighted by Crippen LogP contribution is 2.40. The molecule has 158 valence electrons. The predicted octanol–water partition coefficient (Wildman–Crippen LogP) is 3.82. The van der Waals surface area contributed by atoms with Crippen LogP contribution in [0.4, 0.5) is 0 Å². The van der Waals surface area contributed by atoms with E-state index in [4.69, 9.17) is 19.9 Å². The Bertz CT molecular complexity index is 918. The van der Waals surface area contributed by atoms with Gasteiger partial charge in [0.2, 0.25) is 5.88 Å². The zero-order valence-electron chi connectivity index (χ0n) is 17.3. The Labute approximate surface area is 176 Å². The minimum Gasteiger partial charge on any atom is -0.463 e. The number of hydrogen-bond donors (Lipinski definition) is 1. The Balaban J connectivity index is 1.86. The van der Waals surface area contributed by atoms with Crippen LogP contribution < -0.4 is 10.5 Å². The van der Waals surface area contributed by atoms with Crippen molar-refractivity contribution >= 4 is 11.9 Å². The molecule has 1 atom stereocenters. The largest absolute Gasteiger partial charge is 0.463 e. The van der Waals surface area contributed by atoms with Crippen molar-refractivity contribution in [2.75, 3.05) is 6.61 Å². The molecule has 1 aromatic carbocycles. The number of benzene rings is 1. The molecule has 1 saturated carbocycles. The number of nitriles is 1. The van der Waals surface area contributed by atoms with Crippen LogP contribution in [0.5, 0.6) is 5.75 Å². The third-order valence-corrected chi connectivity index (χ3v) is 5.47. The van der Waals surface area contributed by atoms with Gasteiger partial charge in [0, 0.05) is 0 Å². The average Bonchev–Trinajstić information content (AvgIpc) is 2.74. The summed E-state index contributed by atoms with van der Waals surface area (Å²) < 4.78 is 16.1. The molecule has 1 heterocycles. The smallest absolute Gasteiger partial charge is 0.338 e. The van der Waals surface area contributed by atoms with E-state index >= 15 is 0 Å². The molecule has 2 N–H and O–H groups in total. The summed E-state index contributed by atoms with van der Waals surface area (Å²) in [6.45, 7) is 3.51. The van der Waals surface area contributed by atoms with E-state index < -0.39 is 11.9 Å². The first kappa shape index (κ1) is 21.4. The van der Waals surface area contributed by atoms with E-state index in [1.165, 1.54) is 0 Å². The summed E-state index contributed by atoms with van der Waals surface area (Å²) in [5.41, 5.74) is 6.92. The molecular formula is C23H26N2O5. The SMILES string of the molecule is CCOC(=O)C1=C(C)OC(N)=C(C#N)C1c1ccc(OC(=O)C2CCCCC2)cc1. The number of nitrogens with zero attached hydrogens (tertiary/aromatic N) is 1. The molecule has 2 aliphatic rings. The van der Waals surface area contributed by atoms with Crippen LogP contribution in [0, 0.1) is 17.2 Å². The molecule has 7 nitrogen and oxygen atoms in total. The third kappa shape index (κ3) is 4.48. The Morgan fingerprint density at radius 1 is 1.20 bits per heavy atom. The lowest BCUT2D eigenvalue weighted by atomic mass is 9.83. The molecule has 0 saturated heterocycles. The van der Waals surface area contributed by atoms with Crippen molar-refractivity contribution in [2.45, 2.75) is 51.9 Å². The molecule has 1 aliphatic heterocycles. The molecule has 1 unspecified atom stereocenters. The van der Waals surface area contributed by atoms with Crippen molar-refractivity contribution in [3.8, 4) is 11.8 Å². The first-order chi connectivity index (χ1) is 14.5. The van der Waals surface area contributed by atoms with Gasteiger partial charge in [-0.3, -0.25) is 4.79 Å². The van der Waals surface area contributed by atoms with Crippen molar-refractivity contribution < 1.29 is 23.8 Å². The Morgan fingerprint density at radius 2 is 1.87 bits per heavy atom. The fourth-order valence-electron chi connectivity index (χ4n) is 3.95. The highest BCUT2D eigenvalue weighted by molar-refractivity contribution is 5.92. The number of carbonyl (C=O) groups is 2. The standard InChI is InChI=1S/C23H26N2O5/c1-3-28-23(27)19-14(2)29-21(25)18(13-24)20(19)15-9-11-17(12-10-15)30-22(26)16-7-5-4-6-8-16/h9-12,16,20H,3-8,25H2,1-2H3. The van der Waals surface area contributed by atoms with Gasteiger partial charge in [0.1, 0.15) is 23.2 Å². The molecule has 0 spiro atoms. The molecule has 7 heteroatoms. The van der Waals surface area contributed by atoms with Crippen molar-refractivity contribution in [1.29, 1.82) is 5.26 Å². The second-order valence-corrected chi connectivity index (χ2v) is 7.44. The van der Waals surface area contributed by atoms with Crippen molar-refractivity contribution in [1.82, 2.24) is 0 Å². The number of hydrogen-bond acceptors (Lipinski definition) is 7. The monoisotopic (exact) mass is 410 g/mol. The number of allylic oxidation sites excluding steroid dienone is 2. The maximum absolute atomic E-state index is 12.5. The Kier molecular flexibility index (Phi) is 6.78. The second kappa shape index (κ2) is 9.49. The molecule has 1 aromatic rings. The predicted molar refractivity (Wildman–Crippen MR) is 109 cm³/mol. The summed E-state index contributed by atoms with van der Waals surface area (Å²) in [4.78, 5) is 24.9. The number of carbonyl (C=O) groups excluding carboxylic acids is 2. The van der Waals surface area contributed by atoms with Gasteiger partial charge >= 0.3 is 11.9 Å². The molecule has 30 heavy (non-hydrogen) atoms. The van der Waals surface area contributed by atoms with E-state index in [1.54, 1.807) is 38.1 Å². The Morgan fingerprint density at radius 3 is 2.47 bits per heavy atom. The van der Waals surface area contributed by atoms with E-state index in [1.807, 2.05) is 6.07 Å². The normalized spacial score (nSPS) is 19.7. The van der Waals surface area contributed by atoms with Crippen LogP contribution in [0.2, 0.25) is 0 Å². The van der Waals surface area contributed by atoms with Crippen LogP contribution in [-0.2, 0) is 19.1 Å². The minimum atomic E-state index is -0.717. The summed E-state index contributed by atoms with van der Waals surface area (Å²) in [5.74, 6) is -0.862. The van der Waals surface area contributed by atoms with Crippen molar-refractivity contribution in [2.24, 2.45) is 11.7 Å². The number of ether oxygens (including phenoxy) is 3. The van der Waals surface area contributed by atoms with E-state index in [9.17, 15) is 14.9 Å². The lowest BCUT2D eigenvalue weighted by molar-refractivity contribution is -0.140. The summed E-state index contributed by atoms with van der Waals surface area (Å²) in [7, 11) is 0. The molecular weight excluding hydrogens is 384 g/mol. The zero-order chi connectivity index (χ0) is 21.7. The van der Waals surface area contributed by atoms with E-state index in [0.717, 1.165) is 32.1 Å². The lowest BCUT2D eigenvalue weighted by Crippen LogP contribution is -2.25. The van der Waals surface area contributed by atoms with Gasteiger partial charge in [-0.1, -0.05) is 31.4 Å². The topological polar surface area (TPSA) is 112 Å².